The van der Waals surface area contributed by atoms with Gasteiger partial charge in [-0.2, -0.15) is 0 Å². The zero-order valence-corrected chi connectivity index (χ0v) is 5.54. The Hall–Kier alpha value is 0.310. The topological polar surface area (TPSA) is 46.5 Å². The first-order valence-electron chi connectivity index (χ1n) is 1.56. The summed E-state index contributed by atoms with van der Waals surface area (Å²) in [4.78, 5) is 7.84. The lowest BCUT2D eigenvalue weighted by Gasteiger charge is -1.68. The molecule has 0 aromatic carbocycles. The summed E-state index contributed by atoms with van der Waals surface area (Å²) in [6, 6.07) is 0. The Balaban J connectivity index is 0. The summed E-state index contributed by atoms with van der Waals surface area (Å²) in [6.07, 6.45) is 0. The van der Waals surface area contributed by atoms with Crippen molar-refractivity contribution in [2.75, 3.05) is 6.61 Å². The van der Waals surface area contributed by atoms with E-state index in [4.69, 9.17) is 4.89 Å². The summed E-state index contributed by atoms with van der Waals surface area (Å²) in [7, 11) is -2.35. The third-order valence-corrected chi connectivity index (χ3v) is 0.719. The normalized spacial score (nSPS) is 9.71. The van der Waals surface area contributed by atoms with Crippen LogP contribution in [0.15, 0.2) is 0 Å². The van der Waals surface area contributed by atoms with Gasteiger partial charge in [0.25, 0.3) is 0 Å². The fourth-order valence-electron chi connectivity index (χ4n) is 0.110. The van der Waals surface area contributed by atoms with Crippen molar-refractivity contribution in [1.82, 2.24) is 0 Å². The van der Waals surface area contributed by atoms with Crippen molar-refractivity contribution in [3.63, 3.8) is 0 Å². The van der Waals surface area contributed by atoms with E-state index >= 15 is 0 Å². The first-order chi connectivity index (χ1) is 2.77. The number of rotatable bonds is 2. The van der Waals surface area contributed by atoms with Gasteiger partial charge in [-0.1, -0.05) is 0 Å². The van der Waals surface area contributed by atoms with Crippen LogP contribution in [-0.2, 0) is 9.09 Å². The van der Waals surface area contributed by atoms with E-state index in [1.165, 1.54) is 0 Å². The smallest absolute Gasteiger partial charge is 0.147 e. The maximum absolute atomic E-state index is 9.53. The predicted molar refractivity (Wildman–Crippen MR) is 28.7 cm³/mol. The van der Waals surface area contributed by atoms with Crippen LogP contribution in [0.2, 0.25) is 0 Å². The Kier molecular flexibility index (Phi) is 9.31. The first kappa shape index (κ1) is 10.3. The van der Waals surface area contributed by atoms with Crippen molar-refractivity contribution in [2.45, 2.75) is 6.92 Å². The largest absolute Gasteiger partial charge is 0.694 e. The van der Waals surface area contributed by atoms with Crippen LogP contribution in [0.5, 0.6) is 0 Å². The van der Waals surface area contributed by atoms with Crippen molar-refractivity contribution in [3.8, 4) is 0 Å². The summed E-state index contributed by atoms with van der Waals surface area (Å²) in [5.41, 5.74) is 0. The highest BCUT2D eigenvalue weighted by Crippen LogP contribution is 2.12. The lowest BCUT2D eigenvalue weighted by molar-refractivity contribution is 0.297. The first-order valence-corrected chi connectivity index (χ1v) is 2.69. The summed E-state index contributed by atoms with van der Waals surface area (Å²) >= 11 is 0. The van der Waals surface area contributed by atoms with E-state index < -0.39 is 8.25 Å². The summed E-state index contributed by atoms with van der Waals surface area (Å²) in [5.74, 6) is 0. The molecule has 0 saturated carbocycles. The van der Waals surface area contributed by atoms with Crippen LogP contribution in [-0.4, -0.2) is 11.5 Å². The second kappa shape index (κ2) is 6.31. The molecule has 0 aliphatic carbocycles. The van der Waals surface area contributed by atoms with Gasteiger partial charge in [-0.25, -0.2) is 0 Å². The molecule has 0 heterocycles. The summed E-state index contributed by atoms with van der Waals surface area (Å²) in [5, 5.41) is 0. The molecule has 0 radical (unpaired) electrons. The molecule has 1 N–H and O–H groups in total. The van der Waals surface area contributed by atoms with Gasteiger partial charge in [0.05, 0.1) is 0 Å². The minimum atomic E-state index is -2.35. The molecule has 0 amide bonds. The summed E-state index contributed by atoms with van der Waals surface area (Å²) in [6.45, 7) is 1.95. The maximum Gasteiger partial charge on any atom is 0.694 e. The van der Waals surface area contributed by atoms with E-state index in [2.05, 4.69) is 4.52 Å². The van der Waals surface area contributed by atoms with Crippen LogP contribution >= 0.6 is 20.7 Å². The van der Waals surface area contributed by atoms with Crippen molar-refractivity contribution in [2.24, 2.45) is 0 Å². The van der Waals surface area contributed by atoms with Gasteiger partial charge in [0.15, 0.2) is 0 Å². The van der Waals surface area contributed by atoms with Crippen molar-refractivity contribution in [1.29, 1.82) is 0 Å². The minimum Gasteiger partial charge on any atom is -0.147 e. The molecule has 1 atom stereocenters. The average Bonchev–Trinajstić information content (AvgIpc) is 1.35. The van der Waals surface area contributed by atoms with Crippen LogP contribution in [0.4, 0.5) is 0 Å². The zero-order valence-electron chi connectivity index (χ0n) is 3.83. The molecule has 0 aromatic rings. The standard InChI is InChI=1S/C2H5O3P.ClH/c1-2-5-6(3)4;/h2H2,1H3;1H/p+1. The minimum absolute atomic E-state index is 0. The molecular weight excluding hydrogens is 138 g/mol. The van der Waals surface area contributed by atoms with Crippen LogP contribution in [0.3, 0.4) is 0 Å². The highest BCUT2D eigenvalue weighted by atomic mass is 35.5. The lowest BCUT2D eigenvalue weighted by atomic mass is 10.9. The lowest BCUT2D eigenvalue weighted by Crippen LogP contribution is -1.72. The Morgan fingerprint density at radius 2 is 2.29 bits per heavy atom. The van der Waals surface area contributed by atoms with Gasteiger partial charge in [0, 0.05) is 4.57 Å². The highest BCUT2D eigenvalue weighted by Gasteiger charge is 2.06. The molecule has 0 bridgehead atoms. The molecule has 5 heteroatoms. The van der Waals surface area contributed by atoms with Crippen LogP contribution in [0.25, 0.3) is 0 Å². The molecule has 0 saturated heterocycles. The van der Waals surface area contributed by atoms with Gasteiger partial charge < -0.3 is 0 Å². The molecule has 0 aliphatic heterocycles. The van der Waals surface area contributed by atoms with Gasteiger partial charge in [-0.3, -0.25) is 0 Å². The summed E-state index contributed by atoms with van der Waals surface area (Å²) < 4.78 is 13.6. The Morgan fingerprint density at radius 1 is 1.86 bits per heavy atom. The van der Waals surface area contributed by atoms with Crippen molar-refractivity contribution >= 4 is 20.7 Å². The number of hydrogen-bond acceptors (Lipinski definition) is 2. The average molecular weight is 146 g/mol. The van der Waals surface area contributed by atoms with Crippen LogP contribution in [0.1, 0.15) is 6.92 Å². The molecule has 1 unspecified atom stereocenters. The highest BCUT2D eigenvalue weighted by molar-refractivity contribution is 7.32. The monoisotopic (exact) mass is 145 g/mol. The van der Waals surface area contributed by atoms with Crippen LogP contribution < -0.4 is 0 Å². The Labute approximate surface area is 49.0 Å². The third kappa shape index (κ3) is 10.7. The molecular formula is C2H7ClO3P+. The van der Waals surface area contributed by atoms with E-state index in [0.29, 0.717) is 6.61 Å². The predicted octanol–water partition coefficient (Wildman–Crippen LogP) is 1.09. The fourth-order valence-corrected chi connectivity index (χ4v) is 0.331. The second-order valence-corrected chi connectivity index (χ2v) is 1.39. The van der Waals surface area contributed by atoms with E-state index in [1.807, 2.05) is 0 Å². The molecule has 0 fully saturated rings. The fraction of sp³-hybridized carbons (Fsp3) is 1.00. The van der Waals surface area contributed by atoms with Crippen molar-refractivity contribution < 1.29 is 14.0 Å². The van der Waals surface area contributed by atoms with Gasteiger partial charge >= 0.3 is 8.25 Å². The van der Waals surface area contributed by atoms with Gasteiger partial charge in [0.2, 0.25) is 0 Å². The zero-order chi connectivity index (χ0) is 4.99. The Morgan fingerprint density at radius 3 is 2.29 bits per heavy atom. The van der Waals surface area contributed by atoms with Gasteiger partial charge in [-0.05, 0) is 6.92 Å². The van der Waals surface area contributed by atoms with Crippen molar-refractivity contribution in [3.05, 3.63) is 0 Å². The molecule has 3 nitrogen and oxygen atoms in total. The van der Waals surface area contributed by atoms with E-state index in [-0.39, 0.29) is 12.4 Å². The van der Waals surface area contributed by atoms with E-state index in [9.17, 15) is 4.57 Å². The van der Waals surface area contributed by atoms with E-state index in [1.54, 1.807) is 6.92 Å². The third-order valence-electron chi connectivity index (χ3n) is 0.240. The maximum atomic E-state index is 9.53. The molecule has 0 aliphatic rings. The SMILES string of the molecule is CCO[P+](=O)O.Cl. The molecule has 0 rings (SSSR count). The molecule has 0 aromatic heterocycles. The van der Waals surface area contributed by atoms with Crippen LogP contribution in [0, 0.1) is 0 Å². The molecule has 0 spiro atoms. The molecule has 7 heavy (non-hydrogen) atoms. The van der Waals surface area contributed by atoms with Gasteiger partial charge in [0.1, 0.15) is 6.61 Å². The van der Waals surface area contributed by atoms with E-state index in [0.717, 1.165) is 0 Å². The Bertz CT molecular complexity index is 56.9. The quantitative estimate of drug-likeness (QED) is 0.592. The number of hydrogen-bond donors (Lipinski definition) is 1. The molecule has 44 valence electrons. The second-order valence-electron chi connectivity index (χ2n) is 0.656. The number of halogens is 1. The van der Waals surface area contributed by atoms with Gasteiger partial charge in [-0.15, -0.1) is 21.8 Å².